The number of fused-ring (bicyclic) bond motifs is 1. The van der Waals surface area contributed by atoms with Gasteiger partial charge in [-0.25, -0.2) is 0 Å². The number of tetrazole rings is 1. The van der Waals surface area contributed by atoms with Crippen molar-refractivity contribution < 1.29 is 9.84 Å². The SMILES string of the molecule is OC1CCCc2c(OCc3nnnn3-c3ccccc3)cccc21. The number of hydrogen-bond donors (Lipinski definition) is 1. The van der Waals surface area contributed by atoms with Gasteiger partial charge in [-0.05, 0) is 59.0 Å². The van der Waals surface area contributed by atoms with Crippen molar-refractivity contribution >= 4 is 0 Å². The van der Waals surface area contributed by atoms with Crippen molar-refractivity contribution in [3.8, 4) is 11.4 Å². The zero-order valence-corrected chi connectivity index (χ0v) is 13.2. The monoisotopic (exact) mass is 322 g/mol. The number of para-hydroxylation sites is 1. The Morgan fingerprint density at radius 1 is 1.12 bits per heavy atom. The Balaban J connectivity index is 1.57. The van der Waals surface area contributed by atoms with E-state index in [1.54, 1.807) is 4.68 Å². The highest BCUT2D eigenvalue weighted by atomic mass is 16.5. The zero-order valence-electron chi connectivity index (χ0n) is 13.2. The van der Waals surface area contributed by atoms with Crippen LogP contribution in [0.2, 0.25) is 0 Å². The second-order valence-electron chi connectivity index (χ2n) is 5.86. The number of aliphatic hydroxyl groups is 1. The molecule has 0 bridgehead atoms. The molecule has 0 radical (unpaired) electrons. The molecule has 6 heteroatoms. The lowest BCUT2D eigenvalue weighted by molar-refractivity contribution is 0.155. The maximum Gasteiger partial charge on any atom is 0.194 e. The maximum absolute atomic E-state index is 10.1. The zero-order chi connectivity index (χ0) is 16.4. The van der Waals surface area contributed by atoms with E-state index in [9.17, 15) is 5.11 Å². The van der Waals surface area contributed by atoms with Crippen LogP contribution in [0.15, 0.2) is 48.5 Å². The summed E-state index contributed by atoms with van der Waals surface area (Å²) in [6.45, 7) is 0.272. The first kappa shape index (κ1) is 14.8. The van der Waals surface area contributed by atoms with Crippen LogP contribution in [0.25, 0.3) is 5.69 Å². The van der Waals surface area contributed by atoms with Crippen molar-refractivity contribution in [2.75, 3.05) is 0 Å². The third-order valence-electron chi connectivity index (χ3n) is 4.32. The van der Waals surface area contributed by atoms with Crippen molar-refractivity contribution in [2.24, 2.45) is 0 Å². The van der Waals surface area contributed by atoms with Gasteiger partial charge in [0.25, 0.3) is 0 Å². The second kappa shape index (κ2) is 6.41. The first-order valence-electron chi connectivity index (χ1n) is 8.08. The quantitative estimate of drug-likeness (QED) is 0.799. The van der Waals surface area contributed by atoms with Crippen molar-refractivity contribution in [1.82, 2.24) is 20.2 Å². The summed E-state index contributed by atoms with van der Waals surface area (Å²) in [4.78, 5) is 0. The molecule has 0 amide bonds. The van der Waals surface area contributed by atoms with E-state index in [-0.39, 0.29) is 6.61 Å². The normalized spacial score (nSPS) is 16.6. The molecule has 4 rings (SSSR count). The molecule has 1 N–H and O–H groups in total. The summed E-state index contributed by atoms with van der Waals surface area (Å²) < 4.78 is 7.66. The molecular weight excluding hydrogens is 304 g/mol. The predicted octanol–water partition coefficient (Wildman–Crippen LogP) is 2.61. The molecule has 24 heavy (non-hydrogen) atoms. The van der Waals surface area contributed by atoms with Crippen LogP contribution >= 0.6 is 0 Å². The van der Waals surface area contributed by atoms with E-state index in [1.807, 2.05) is 48.5 Å². The second-order valence-corrected chi connectivity index (χ2v) is 5.86. The molecule has 1 aliphatic carbocycles. The van der Waals surface area contributed by atoms with Crippen LogP contribution in [0.3, 0.4) is 0 Å². The third-order valence-corrected chi connectivity index (χ3v) is 4.32. The van der Waals surface area contributed by atoms with Crippen molar-refractivity contribution in [1.29, 1.82) is 0 Å². The van der Waals surface area contributed by atoms with Gasteiger partial charge in [0.05, 0.1) is 11.8 Å². The molecule has 0 aliphatic heterocycles. The van der Waals surface area contributed by atoms with Gasteiger partial charge in [-0.15, -0.1) is 5.10 Å². The van der Waals surface area contributed by atoms with Gasteiger partial charge in [-0.2, -0.15) is 4.68 Å². The number of nitrogens with zero attached hydrogens (tertiary/aromatic N) is 4. The number of hydrogen-bond acceptors (Lipinski definition) is 5. The van der Waals surface area contributed by atoms with Gasteiger partial charge < -0.3 is 9.84 Å². The smallest absolute Gasteiger partial charge is 0.194 e. The molecule has 0 saturated carbocycles. The molecule has 122 valence electrons. The Kier molecular flexibility index (Phi) is 3.96. The van der Waals surface area contributed by atoms with Crippen LogP contribution < -0.4 is 4.74 Å². The Morgan fingerprint density at radius 2 is 2.00 bits per heavy atom. The lowest BCUT2D eigenvalue weighted by Crippen LogP contribution is -2.12. The molecule has 1 heterocycles. The summed E-state index contributed by atoms with van der Waals surface area (Å²) in [5, 5.41) is 22.0. The van der Waals surface area contributed by atoms with Crippen molar-refractivity contribution in [2.45, 2.75) is 32.0 Å². The van der Waals surface area contributed by atoms with Crippen LogP contribution in [0.5, 0.6) is 5.75 Å². The van der Waals surface area contributed by atoms with Crippen LogP contribution in [0.4, 0.5) is 0 Å². The van der Waals surface area contributed by atoms with E-state index in [2.05, 4.69) is 15.5 Å². The fourth-order valence-electron chi connectivity index (χ4n) is 3.13. The molecule has 2 aromatic carbocycles. The Bertz CT molecular complexity index is 832. The molecular formula is C18H18N4O2. The summed E-state index contributed by atoms with van der Waals surface area (Å²) in [6.07, 6.45) is 2.30. The highest BCUT2D eigenvalue weighted by Crippen LogP contribution is 2.35. The van der Waals surface area contributed by atoms with Crippen LogP contribution in [-0.2, 0) is 13.0 Å². The van der Waals surface area contributed by atoms with Gasteiger partial charge in [-0.3, -0.25) is 0 Å². The standard InChI is InChI=1S/C18H18N4O2/c23-16-10-4-9-15-14(16)8-5-11-17(15)24-12-18-19-20-21-22(18)13-6-2-1-3-7-13/h1-3,5-8,11,16,23H,4,9-10,12H2. The predicted molar refractivity (Wildman–Crippen MR) is 87.8 cm³/mol. The first-order valence-corrected chi connectivity index (χ1v) is 8.08. The maximum atomic E-state index is 10.1. The highest BCUT2D eigenvalue weighted by molar-refractivity contribution is 5.43. The summed E-state index contributed by atoms with van der Waals surface area (Å²) in [7, 11) is 0. The Morgan fingerprint density at radius 3 is 2.88 bits per heavy atom. The molecule has 1 aromatic heterocycles. The van der Waals surface area contributed by atoms with Gasteiger partial charge in [0.1, 0.15) is 12.4 Å². The summed E-state index contributed by atoms with van der Waals surface area (Å²) in [5.74, 6) is 1.43. The minimum Gasteiger partial charge on any atom is -0.485 e. The number of benzene rings is 2. The number of rotatable bonds is 4. The topological polar surface area (TPSA) is 73.1 Å². The van der Waals surface area contributed by atoms with Crippen LogP contribution in [-0.4, -0.2) is 25.3 Å². The van der Waals surface area contributed by atoms with E-state index in [0.29, 0.717) is 5.82 Å². The Hall–Kier alpha value is -2.73. The highest BCUT2D eigenvalue weighted by Gasteiger charge is 2.21. The number of aliphatic hydroxyl groups excluding tert-OH is 1. The average molecular weight is 322 g/mol. The van der Waals surface area contributed by atoms with E-state index in [0.717, 1.165) is 41.8 Å². The molecule has 0 saturated heterocycles. The van der Waals surface area contributed by atoms with Crippen molar-refractivity contribution in [3.05, 3.63) is 65.5 Å². The van der Waals surface area contributed by atoms with E-state index in [4.69, 9.17) is 4.74 Å². The van der Waals surface area contributed by atoms with Gasteiger partial charge in [0.15, 0.2) is 5.82 Å². The summed E-state index contributed by atoms with van der Waals surface area (Å²) in [6, 6.07) is 15.6. The lowest BCUT2D eigenvalue weighted by Gasteiger charge is -2.23. The van der Waals surface area contributed by atoms with Crippen LogP contribution in [0.1, 0.15) is 35.9 Å². The van der Waals surface area contributed by atoms with E-state index >= 15 is 0 Å². The molecule has 1 atom stereocenters. The summed E-state index contributed by atoms with van der Waals surface area (Å²) in [5.41, 5.74) is 2.96. The van der Waals surface area contributed by atoms with Gasteiger partial charge in [0.2, 0.25) is 0 Å². The molecule has 1 aliphatic rings. The molecule has 3 aromatic rings. The van der Waals surface area contributed by atoms with E-state index < -0.39 is 6.10 Å². The first-order chi connectivity index (χ1) is 11.8. The third kappa shape index (κ3) is 2.76. The summed E-state index contributed by atoms with van der Waals surface area (Å²) >= 11 is 0. The minimum atomic E-state index is -0.396. The van der Waals surface area contributed by atoms with Gasteiger partial charge in [-0.1, -0.05) is 30.3 Å². The van der Waals surface area contributed by atoms with Gasteiger partial charge >= 0.3 is 0 Å². The van der Waals surface area contributed by atoms with Gasteiger partial charge in [0, 0.05) is 0 Å². The minimum absolute atomic E-state index is 0.272. The number of ether oxygens (including phenoxy) is 1. The largest absolute Gasteiger partial charge is 0.485 e. The fourth-order valence-corrected chi connectivity index (χ4v) is 3.13. The van der Waals surface area contributed by atoms with Crippen molar-refractivity contribution in [3.63, 3.8) is 0 Å². The van der Waals surface area contributed by atoms with Crippen LogP contribution in [0, 0.1) is 0 Å². The molecule has 1 unspecified atom stereocenters. The average Bonchev–Trinajstić information content (AvgIpc) is 3.10. The lowest BCUT2D eigenvalue weighted by atomic mass is 9.89. The Labute approximate surface area is 139 Å². The molecule has 0 spiro atoms. The van der Waals surface area contributed by atoms with E-state index in [1.165, 1.54) is 0 Å². The molecule has 6 nitrogen and oxygen atoms in total. The fraction of sp³-hybridized carbons (Fsp3) is 0.278. The molecule has 0 fully saturated rings. The number of aromatic nitrogens is 4.